The van der Waals surface area contributed by atoms with Gasteiger partial charge in [0.15, 0.2) is 0 Å². The summed E-state index contributed by atoms with van der Waals surface area (Å²) in [6.07, 6.45) is 5.78. The van der Waals surface area contributed by atoms with Crippen LogP contribution in [0.4, 0.5) is 0 Å². The van der Waals surface area contributed by atoms with Crippen molar-refractivity contribution in [1.82, 2.24) is 4.90 Å². The van der Waals surface area contributed by atoms with Crippen LogP contribution in [-0.2, 0) is 0 Å². The highest BCUT2D eigenvalue weighted by Crippen LogP contribution is 2.53. The minimum absolute atomic E-state index is 0. The molecule has 118 valence electrons. The molecule has 0 N–H and O–H groups in total. The zero-order valence-electron chi connectivity index (χ0n) is 13.4. The van der Waals surface area contributed by atoms with E-state index in [1.165, 1.54) is 37.8 Å². The maximum atomic E-state index is 5.30. The van der Waals surface area contributed by atoms with Crippen molar-refractivity contribution in [3.63, 3.8) is 0 Å². The predicted molar refractivity (Wildman–Crippen MR) is 90.5 cm³/mol. The van der Waals surface area contributed by atoms with E-state index in [2.05, 4.69) is 43.3 Å². The normalized spacial score (nSPS) is 31.0. The van der Waals surface area contributed by atoms with E-state index in [4.69, 9.17) is 4.74 Å². The van der Waals surface area contributed by atoms with Crippen molar-refractivity contribution in [1.29, 1.82) is 0 Å². The van der Waals surface area contributed by atoms with Gasteiger partial charge in [-0.2, -0.15) is 0 Å². The van der Waals surface area contributed by atoms with E-state index < -0.39 is 0 Å². The summed E-state index contributed by atoms with van der Waals surface area (Å²) < 4.78 is 5.30. The van der Waals surface area contributed by atoms with Crippen molar-refractivity contribution in [3.8, 4) is 5.75 Å². The average Bonchev–Trinajstić information content (AvgIpc) is 2.48. The topological polar surface area (TPSA) is 12.5 Å². The molecule has 3 saturated carbocycles. The minimum atomic E-state index is 0. The van der Waals surface area contributed by atoms with Crippen LogP contribution in [0.15, 0.2) is 24.3 Å². The monoisotopic (exact) mass is 309 g/mol. The van der Waals surface area contributed by atoms with E-state index in [0.29, 0.717) is 0 Å². The molecular formula is C18H28ClNO. The van der Waals surface area contributed by atoms with Gasteiger partial charge in [0.25, 0.3) is 0 Å². The first-order chi connectivity index (χ1) is 9.69. The van der Waals surface area contributed by atoms with Gasteiger partial charge in [0.2, 0.25) is 0 Å². The fourth-order valence-electron chi connectivity index (χ4n) is 4.60. The minimum Gasteiger partial charge on any atom is -0.497 e. The molecule has 0 radical (unpaired) electrons. The van der Waals surface area contributed by atoms with Gasteiger partial charge in [0, 0.05) is 6.54 Å². The molecule has 3 heteroatoms. The molecule has 2 nitrogen and oxygen atoms in total. The Morgan fingerprint density at radius 1 is 1.00 bits per heavy atom. The number of methoxy groups -OCH3 is 1. The van der Waals surface area contributed by atoms with Crippen LogP contribution in [0.25, 0.3) is 0 Å². The summed E-state index contributed by atoms with van der Waals surface area (Å²) in [5.41, 5.74) is 1.53. The predicted octanol–water partition coefficient (Wildman–Crippen LogP) is 4.20. The Balaban J connectivity index is 0.00000161. The summed E-state index contributed by atoms with van der Waals surface area (Å²) in [7, 11) is 6.17. The van der Waals surface area contributed by atoms with E-state index in [0.717, 1.165) is 29.4 Å². The van der Waals surface area contributed by atoms with Crippen LogP contribution in [0.2, 0.25) is 0 Å². The molecular weight excluding hydrogens is 282 g/mol. The zero-order chi connectivity index (χ0) is 14.1. The molecule has 0 spiro atoms. The van der Waals surface area contributed by atoms with E-state index >= 15 is 0 Å². The number of fused-ring (bicyclic) bond motifs is 3. The van der Waals surface area contributed by atoms with Gasteiger partial charge in [-0.15, -0.1) is 12.4 Å². The third-order valence-corrected chi connectivity index (χ3v) is 5.47. The van der Waals surface area contributed by atoms with Crippen molar-refractivity contribution in [2.24, 2.45) is 17.8 Å². The van der Waals surface area contributed by atoms with Crippen LogP contribution in [0.5, 0.6) is 5.75 Å². The highest BCUT2D eigenvalue weighted by molar-refractivity contribution is 5.85. The number of ether oxygens (including phenoxy) is 1. The Hall–Kier alpha value is -0.730. The molecule has 3 fully saturated rings. The molecule has 1 aromatic carbocycles. The third kappa shape index (κ3) is 3.37. The molecule has 2 unspecified atom stereocenters. The molecule has 3 aliphatic rings. The molecule has 3 aliphatic carbocycles. The molecule has 0 heterocycles. The second kappa shape index (κ2) is 7.02. The van der Waals surface area contributed by atoms with Crippen LogP contribution >= 0.6 is 12.4 Å². The van der Waals surface area contributed by atoms with Crippen molar-refractivity contribution < 1.29 is 4.74 Å². The van der Waals surface area contributed by atoms with Gasteiger partial charge in [-0.3, -0.25) is 0 Å². The molecule has 1 aromatic rings. The number of benzene rings is 1. The number of halogens is 1. The summed E-state index contributed by atoms with van der Waals surface area (Å²) in [5.74, 6) is 4.41. The van der Waals surface area contributed by atoms with Crippen LogP contribution < -0.4 is 4.74 Å². The molecule has 0 aliphatic heterocycles. The lowest BCUT2D eigenvalue weighted by Gasteiger charge is -2.50. The van der Waals surface area contributed by atoms with Crippen LogP contribution in [0.1, 0.15) is 37.2 Å². The second-order valence-electron chi connectivity index (χ2n) is 6.90. The Morgan fingerprint density at radius 2 is 1.57 bits per heavy atom. The molecule has 21 heavy (non-hydrogen) atoms. The molecule has 4 rings (SSSR count). The maximum Gasteiger partial charge on any atom is 0.118 e. The van der Waals surface area contributed by atoms with Gasteiger partial charge in [-0.1, -0.05) is 12.1 Å². The quantitative estimate of drug-likeness (QED) is 0.826. The molecule has 0 amide bonds. The van der Waals surface area contributed by atoms with Gasteiger partial charge < -0.3 is 9.64 Å². The van der Waals surface area contributed by atoms with E-state index in [9.17, 15) is 0 Å². The van der Waals surface area contributed by atoms with Crippen LogP contribution in [0.3, 0.4) is 0 Å². The first-order valence-corrected chi connectivity index (χ1v) is 7.97. The largest absolute Gasteiger partial charge is 0.497 e. The summed E-state index contributed by atoms with van der Waals surface area (Å²) in [6, 6.07) is 8.86. The summed E-state index contributed by atoms with van der Waals surface area (Å²) >= 11 is 0. The van der Waals surface area contributed by atoms with Crippen LogP contribution in [-0.4, -0.2) is 32.6 Å². The molecule has 2 bridgehead atoms. The van der Waals surface area contributed by atoms with Crippen molar-refractivity contribution in [2.45, 2.75) is 31.6 Å². The molecule has 0 aromatic heterocycles. The molecule has 2 atom stereocenters. The lowest BCUT2D eigenvalue weighted by Crippen LogP contribution is -2.43. The van der Waals surface area contributed by atoms with Gasteiger partial charge in [0.05, 0.1) is 7.11 Å². The Labute approximate surface area is 135 Å². The lowest BCUT2D eigenvalue weighted by atomic mass is 9.57. The van der Waals surface area contributed by atoms with Crippen LogP contribution in [0, 0.1) is 17.8 Å². The fourth-order valence-corrected chi connectivity index (χ4v) is 4.60. The van der Waals surface area contributed by atoms with Gasteiger partial charge >= 0.3 is 0 Å². The lowest BCUT2D eigenvalue weighted by molar-refractivity contribution is 0.0507. The van der Waals surface area contributed by atoms with Gasteiger partial charge in [-0.25, -0.2) is 0 Å². The van der Waals surface area contributed by atoms with Gasteiger partial charge in [0.1, 0.15) is 5.75 Å². The average molecular weight is 310 g/mol. The summed E-state index contributed by atoms with van der Waals surface area (Å²) in [5, 5.41) is 0. The first-order valence-electron chi connectivity index (χ1n) is 7.97. The van der Waals surface area contributed by atoms with E-state index in [-0.39, 0.29) is 12.4 Å². The van der Waals surface area contributed by atoms with Crippen molar-refractivity contribution >= 4 is 12.4 Å². The zero-order valence-corrected chi connectivity index (χ0v) is 14.2. The second-order valence-corrected chi connectivity index (χ2v) is 6.90. The standard InChI is InChI=1S/C18H27NO.ClH/c1-19(2)12-17-13-4-6-14(7-5-13)18(17)15-8-10-16(20-3)11-9-15;/h8-11,13-14,17-18H,4-7,12H2,1-3H3;1H. The summed E-state index contributed by atoms with van der Waals surface area (Å²) in [4.78, 5) is 2.38. The highest BCUT2D eigenvalue weighted by Gasteiger charge is 2.43. The Morgan fingerprint density at radius 3 is 2.10 bits per heavy atom. The van der Waals surface area contributed by atoms with Crippen molar-refractivity contribution in [3.05, 3.63) is 29.8 Å². The maximum absolute atomic E-state index is 5.30. The first kappa shape index (κ1) is 16.6. The van der Waals surface area contributed by atoms with E-state index in [1.54, 1.807) is 7.11 Å². The Bertz CT molecular complexity index is 437. The Kier molecular flexibility index (Phi) is 5.56. The SMILES string of the molecule is COc1ccc(C2C3CCC(CC3)C2CN(C)C)cc1.Cl. The van der Waals surface area contributed by atoms with Crippen molar-refractivity contribution in [2.75, 3.05) is 27.7 Å². The number of hydrogen-bond donors (Lipinski definition) is 0. The highest BCUT2D eigenvalue weighted by atomic mass is 35.5. The number of rotatable bonds is 4. The number of hydrogen-bond acceptors (Lipinski definition) is 2. The molecule has 0 saturated heterocycles. The summed E-state index contributed by atoms with van der Waals surface area (Å²) in [6.45, 7) is 1.23. The smallest absolute Gasteiger partial charge is 0.118 e. The van der Waals surface area contributed by atoms with Gasteiger partial charge in [-0.05, 0) is 81.1 Å². The number of nitrogens with zero attached hydrogens (tertiary/aromatic N) is 1. The fraction of sp³-hybridized carbons (Fsp3) is 0.667. The van der Waals surface area contributed by atoms with E-state index in [1.807, 2.05) is 0 Å². The third-order valence-electron chi connectivity index (χ3n) is 5.47.